The molecule has 0 aliphatic carbocycles. The molecule has 0 aliphatic rings. The van der Waals surface area contributed by atoms with Crippen molar-refractivity contribution in [2.75, 3.05) is 6.54 Å². The lowest BCUT2D eigenvalue weighted by atomic mass is 9.96. The number of nitrogens with zero attached hydrogens (tertiary/aromatic N) is 1. The number of benzene rings is 2. The van der Waals surface area contributed by atoms with Crippen molar-refractivity contribution in [2.24, 2.45) is 0 Å². The van der Waals surface area contributed by atoms with E-state index in [1.54, 1.807) is 41.5 Å². The van der Waals surface area contributed by atoms with E-state index in [-0.39, 0.29) is 19.0 Å². The summed E-state index contributed by atoms with van der Waals surface area (Å²) < 4.78 is 11.0. The Hall–Kier alpha value is -3.88. The fourth-order valence-corrected chi connectivity index (χ4v) is 4.43. The lowest BCUT2D eigenvalue weighted by Gasteiger charge is -2.37. The van der Waals surface area contributed by atoms with Crippen molar-refractivity contribution in [1.82, 2.24) is 15.5 Å². The first kappa shape index (κ1) is 35.3. The highest BCUT2D eigenvalue weighted by Gasteiger charge is 2.37. The minimum absolute atomic E-state index is 0.207. The molecule has 0 saturated carbocycles. The van der Waals surface area contributed by atoms with E-state index in [9.17, 15) is 19.2 Å². The molecule has 0 aromatic heterocycles. The molecule has 43 heavy (non-hydrogen) atoms. The Morgan fingerprint density at radius 2 is 1.47 bits per heavy atom. The van der Waals surface area contributed by atoms with Gasteiger partial charge in [-0.2, -0.15) is 0 Å². The molecule has 3 unspecified atom stereocenters. The summed E-state index contributed by atoms with van der Waals surface area (Å²) in [5.41, 5.74) is 1.92. The van der Waals surface area contributed by atoms with Crippen LogP contribution in [-0.2, 0) is 30.3 Å². The number of hydrogen-bond donors (Lipinski definition) is 2. The highest BCUT2D eigenvalue weighted by Crippen LogP contribution is 2.27. The van der Waals surface area contributed by atoms with Crippen LogP contribution < -0.4 is 10.6 Å². The summed E-state index contributed by atoms with van der Waals surface area (Å²) in [7, 11) is 0. The van der Waals surface area contributed by atoms with E-state index in [0.29, 0.717) is 12.0 Å². The van der Waals surface area contributed by atoms with Gasteiger partial charge in [-0.05, 0) is 91.0 Å². The molecule has 0 saturated heterocycles. The van der Waals surface area contributed by atoms with Crippen LogP contribution in [0.3, 0.4) is 0 Å². The number of carbonyl (C=O) groups is 4. The maximum atomic E-state index is 14.3. The fourth-order valence-electron chi connectivity index (χ4n) is 4.43. The number of esters is 1. The van der Waals surface area contributed by atoms with E-state index in [1.165, 1.54) is 4.90 Å². The minimum Gasteiger partial charge on any atom is -0.458 e. The zero-order valence-corrected chi connectivity index (χ0v) is 27.4. The summed E-state index contributed by atoms with van der Waals surface area (Å²) >= 11 is 0. The normalized spacial score (nSPS) is 13.7. The van der Waals surface area contributed by atoms with Crippen LogP contribution in [0.25, 0.3) is 0 Å². The van der Waals surface area contributed by atoms with Crippen molar-refractivity contribution in [3.05, 3.63) is 70.8 Å². The van der Waals surface area contributed by atoms with E-state index >= 15 is 0 Å². The van der Waals surface area contributed by atoms with Gasteiger partial charge in [0.25, 0.3) is 0 Å². The highest BCUT2D eigenvalue weighted by atomic mass is 16.6. The van der Waals surface area contributed by atoms with Crippen LogP contribution in [0.15, 0.2) is 48.5 Å². The first-order chi connectivity index (χ1) is 19.9. The Morgan fingerprint density at radius 1 is 0.860 bits per heavy atom. The van der Waals surface area contributed by atoms with E-state index < -0.39 is 47.2 Å². The molecule has 2 aromatic rings. The predicted molar refractivity (Wildman–Crippen MR) is 167 cm³/mol. The molecule has 236 valence electrons. The molecular formula is C34H49N3O6. The Morgan fingerprint density at radius 3 is 2.00 bits per heavy atom. The molecule has 9 heteroatoms. The smallest absolute Gasteiger partial charge is 0.408 e. The van der Waals surface area contributed by atoms with Crippen molar-refractivity contribution >= 4 is 23.9 Å². The summed E-state index contributed by atoms with van der Waals surface area (Å²) in [6, 6.07) is 12.5. The third-order valence-electron chi connectivity index (χ3n) is 6.80. The highest BCUT2D eigenvalue weighted by molar-refractivity contribution is 5.93. The second-order valence-electron chi connectivity index (χ2n) is 12.9. The maximum Gasteiger partial charge on any atom is 0.408 e. The molecule has 9 nitrogen and oxygen atoms in total. The number of hydrogen-bond acceptors (Lipinski definition) is 6. The average Bonchev–Trinajstić information content (AvgIpc) is 2.89. The molecule has 0 radical (unpaired) electrons. The van der Waals surface area contributed by atoms with Gasteiger partial charge in [0.05, 0.1) is 0 Å². The summed E-state index contributed by atoms with van der Waals surface area (Å²) in [6.07, 6.45) is 0.0234. The summed E-state index contributed by atoms with van der Waals surface area (Å²) in [5, 5.41) is 5.43. The summed E-state index contributed by atoms with van der Waals surface area (Å²) in [4.78, 5) is 55.2. The lowest BCUT2D eigenvalue weighted by Crippen LogP contribution is -2.54. The van der Waals surface area contributed by atoms with Crippen LogP contribution in [0.5, 0.6) is 0 Å². The standard InChI is InChI=1S/C34H49N3O6/c1-11-24(4)37(28(38)21-35-32(41)43-34(8,9)10)29(26-18-17-22(2)23(3)19-26)30(39)36-27(31(40)42-33(5,6)7)20-25-15-13-12-14-16-25/h12-19,24,27,29H,11,20-21H2,1-10H3,(H,35,41)(H,36,39). The summed E-state index contributed by atoms with van der Waals surface area (Å²) in [6.45, 7) is 17.8. The van der Waals surface area contributed by atoms with Gasteiger partial charge in [0.2, 0.25) is 11.8 Å². The topological polar surface area (TPSA) is 114 Å². The van der Waals surface area contributed by atoms with Crippen LogP contribution in [0, 0.1) is 13.8 Å². The SMILES string of the molecule is CCC(C)N(C(=O)CNC(=O)OC(C)(C)C)C(C(=O)NC(Cc1ccccc1)C(=O)OC(C)(C)C)c1ccc(C)c(C)c1. The molecule has 0 heterocycles. The number of carbonyl (C=O) groups excluding carboxylic acids is 4. The zero-order chi connectivity index (χ0) is 32.5. The number of alkyl carbamates (subject to hydrolysis) is 1. The molecule has 3 amide bonds. The van der Waals surface area contributed by atoms with Gasteiger partial charge in [-0.3, -0.25) is 9.59 Å². The maximum absolute atomic E-state index is 14.3. The zero-order valence-electron chi connectivity index (χ0n) is 27.4. The number of ether oxygens (including phenoxy) is 2. The van der Waals surface area contributed by atoms with Crippen molar-refractivity contribution in [3.8, 4) is 0 Å². The van der Waals surface area contributed by atoms with Crippen molar-refractivity contribution in [2.45, 2.75) is 111 Å². The van der Waals surface area contributed by atoms with E-state index in [0.717, 1.165) is 16.7 Å². The fraction of sp³-hybridized carbons (Fsp3) is 0.529. The molecule has 3 atom stereocenters. The number of rotatable bonds is 11. The molecule has 2 N–H and O–H groups in total. The Bertz CT molecular complexity index is 1260. The molecule has 0 spiro atoms. The Kier molecular flexibility index (Phi) is 12.3. The van der Waals surface area contributed by atoms with Gasteiger partial charge in [0, 0.05) is 12.5 Å². The second kappa shape index (κ2) is 15.0. The van der Waals surface area contributed by atoms with Gasteiger partial charge in [-0.25, -0.2) is 9.59 Å². The van der Waals surface area contributed by atoms with E-state index in [1.807, 2.05) is 76.2 Å². The Labute approximate surface area is 256 Å². The monoisotopic (exact) mass is 595 g/mol. The van der Waals surface area contributed by atoms with Gasteiger partial charge in [-0.1, -0.05) is 55.5 Å². The van der Waals surface area contributed by atoms with Crippen LogP contribution in [-0.4, -0.2) is 58.6 Å². The van der Waals surface area contributed by atoms with Gasteiger partial charge in [-0.15, -0.1) is 0 Å². The van der Waals surface area contributed by atoms with Gasteiger partial charge >= 0.3 is 12.1 Å². The predicted octanol–water partition coefficient (Wildman–Crippen LogP) is 5.57. The van der Waals surface area contributed by atoms with Gasteiger partial charge < -0.3 is 25.0 Å². The van der Waals surface area contributed by atoms with Crippen LogP contribution in [0.2, 0.25) is 0 Å². The third-order valence-corrected chi connectivity index (χ3v) is 6.80. The quantitative estimate of drug-likeness (QED) is 0.329. The largest absolute Gasteiger partial charge is 0.458 e. The van der Waals surface area contributed by atoms with Crippen molar-refractivity contribution < 1.29 is 28.7 Å². The molecule has 2 rings (SSSR count). The molecule has 2 aromatic carbocycles. The lowest BCUT2D eigenvalue weighted by molar-refractivity contribution is -0.159. The number of aryl methyl sites for hydroxylation is 2. The van der Waals surface area contributed by atoms with E-state index in [2.05, 4.69) is 10.6 Å². The van der Waals surface area contributed by atoms with Gasteiger partial charge in [0.1, 0.15) is 29.8 Å². The third kappa shape index (κ3) is 11.4. The molecule has 0 bridgehead atoms. The first-order valence-corrected chi connectivity index (χ1v) is 14.8. The van der Waals surface area contributed by atoms with Crippen LogP contribution in [0.4, 0.5) is 4.79 Å². The average molecular weight is 596 g/mol. The number of amides is 3. The van der Waals surface area contributed by atoms with Crippen LogP contribution >= 0.6 is 0 Å². The van der Waals surface area contributed by atoms with Crippen LogP contribution in [0.1, 0.15) is 90.1 Å². The summed E-state index contributed by atoms with van der Waals surface area (Å²) in [5.74, 6) is -1.56. The van der Waals surface area contributed by atoms with Crippen molar-refractivity contribution in [1.29, 1.82) is 0 Å². The molecular weight excluding hydrogens is 546 g/mol. The minimum atomic E-state index is -1.08. The van der Waals surface area contributed by atoms with E-state index in [4.69, 9.17) is 9.47 Å². The number of nitrogens with one attached hydrogen (secondary N) is 2. The van der Waals surface area contributed by atoms with Gasteiger partial charge in [0.15, 0.2) is 0 Å². The molecule has 0 fully saturated rings. The van der Waals surface area contributed by atoms with Crippen molar-refractivity contribution in [3.63, 3.8) is 0 Å². The molecule has 0 aliphatic heterocycles. The Balaban J connectivity index is 2.52. The second-order valence-corrected chi connectivity index (χ2v) is 12.9. The first-order valence-electron chi connectivity index (χ1n) is 14.8.